The number of thiocarbonyl (C=S) groups is 1. The quantitative estimate of drug-likeness (QED) is 0.653. The summed E-state index contributed by atoms with van der Waals surface area (Å²) in [6, 6.07) is 0.772. The molecule has 0 aromatic rings. The molecular formula is C13H25N3OS. The van der Waals surface area contributed by atoms with E-state index in [1.807, 2.05) is 6.92 Å². The number of nitrogens with one attached hydrogen (secondary N) is 1. The molecule has 1 atom stereocenters. The Morgan fingerprint density at radius 2 is 2.06 bits per heavy atom. The number of hydrogen-bond acceptors (Lipinski definition) is 3. The summed E-state index contributed by atoms with van der Waals surface area (Å²) in [5.41, 5.74) is 5.52. The van der Waals surface area contributed by atoms with Crippen LogP contribution in [-0.2, 0) is 4.79 Å². The minimum absolute atomic E-state index is 0.103. The average Bonchev–Trinajstić information content (AvgIpc) is 3.07. The Morgan fingerprint density at radius 3 is 2.50 bits per heavy atom. The standard InChI is InChI=1S/C13H25N3OS/c1-9(2)10(3)15-13(17)8-16(11-4-5-11)7-6-12(14)18/h9-11H,4-8H2,1-3H3,(H2,14,18)(H,15,17). The first kappa shape index (κ1) is 15.4. The molecule has 0 bridgehead atoms. The Bertz CT molecular complexity index is 303. The summed E-state index contributed by atoms with van der Waals surface area (Å²) in [5.74, 6) is 0.561. The molecule has 0 saturated heterocycles. The van der Waals surface area contributed by atoms with Gasteiger partial charge in [0.1, 0.15) is 0 Å². The van der Waals surface area contributed by atoms with Crippen molar-refractivity contribution in [2.75, 3.05) is 13.1 Å². The molecule has 1 aliphatic rings. The second-order valence-electron chi connectivity index (χ2n) is 5.52. The monoisotopic (exact) mass is 271 g/mol. The molecule has 0 aromatic heterocycles. The Labute approximate surface area is 115 Å². The van der Waals surface area contributed by atoms with Gasteiger partial charge in [-0.25, -0.2) is 0 Å². The summed E-state index contributed by atoms with van der Waals surface area (Å²) in [4.78, 5) is 14.6. The Hall–Kier alpha value is -0.680. The Balaban J connectivity index is 2.36. The molecular weight excluding hydrogens is 246 g/mol. The van der Waals surface area contributed by atoms with Crippen molar-refractivity contribution in [3.63, 3.8) is 0 Å². The third-order valence-corrected chi connectivity index (χ3v) is 3.65. The zero-order chi connectivity index (χ0) is 13.7. The van der Waals surface area contributed by atoms with Gasteiger partial charge < -0.3 is 11.1 Å². The summed E-state index contributed by atoms with van der Waals surface area (Å²) in [6.45, 7) is 7.51. The minimum Gasteiger partial charge on any atom is -0.393 e. The van der Waals surface area contributed by atoms with E-state index >= 15 is 0 Å². The Kier molecular flexibility index (Phi) is 6.02. The summed E-state index contributed by atoms with van der Waals surface area (Å²) in [7, 11) is 0. The fourth-order valence-corrected chi connectivity index (χ4v) is 1.83. The van der Waals surface area contributed by atoms with Crippen LogP contribution in [-0.4, -0.2) is 41.0 Å². The molecule has 1 unspecified atom stereocenters. The van der Waals surface area contributed by atoms with Crippen LogP contribution in [0, 0.1) is 5.92 Å². The van der Waals surface area contributed by atoms with E-state index in [9.17, 15) is 4.79 Å². The van der Waals surface area contributed by atoms with Crippen molar-refractivity contribution < 1.29 is 4.79 Å². The van der Waals surface area contributed by atoms with E-state index in [0.29, 0.717) is 29.9 Å². The second kappa shape index (κ2) is 7.04. The summed E-state index contributed by atoms with van der Waals surface area (Å²) in [6.07, 6.45) is 3.06. The van der Waals surface area contributed by atoms with Crippen LogP contribution < -0.4 is 11.1 Å². The van der Waals surface area contributed by atoms with Gasteiger partial charge in [0.2, 0.25) is 5.91 Å². The predicted octanol–water partition coefficient (Wildman–Crippen LogP) is 1.29. The zero-order valence-electron chi connectivity index (χ0n) is 11.6. The highest BCUT2D eigenvalue weighted by molar-refractivity contribution is 7.80. The number of nitrogens with zero attached hydrogens (tertiary/aromatic N) is 1. The second-order valence-corrected chi connectivity index (χ2v) is 6.04. The van der Waals surface area contributed by atoms with E-state index in [2.05, 4.69) is 24.1 Å². The maximum atomic E-state index is 11.9. The molecule has 0 aromatic carbocycles. The molecule has 1 rings (SSSR count). The summed E-state index contributed by atoms with van der Waals surface area (Å²) < 4.78 is 0. The first-order chi connectivity index (χ1) is 8.40. The topological polar surface area (TPSA) is 58.4 Å². The smallest absolute Gasteiger partial charge is 0.234 e. The molecule has 5 heteroatoms. The maximum Gasteiger partial charge on any atom is 0.234 e. The molecule has 3 N–H and O–H groups in total. The maximum absolute atomic E-state index is 11.9. The van der Waals surface area contributed by atoms with Gasteiger partial charge in [0, 0.05) is 25.0 Å². The van der Waals surface area contributed by atoms with E-state index in [4.69, 9.17) is 18.0 Å². The van der Waals surface area contributed by atoms with Crippen LogP contribution >= 0.6 is 12.2 Å². The first-order valence-corrected chi connectivity index (χ1v) is 7.12. The molecule has 18 heavy (non-hydrogen) atoms. The van der Waals surface area contributed by atoms with Crippen LogP contribution in [0.25, 0.3) is 0 Å². The van der Waals surface area contributed by atoms with Gasteiger partial charge in [-0.2, -0.15) is 0 Å². The SMILES string of the molecule is CC(C)C(C)NC(=O)CN(CCC(N)=S)C1CC1. The number of carbonyl (C=O) groups excluding carboxylic acids is 1. The van der Waals surface area contributed by atoms with E-state index in [1.54, 1.807) is 0 Å². The predicted molar refractivity (Wildman–Crippen MR) is 78.4 cm³/mol. The van der Waals surface area contributed by atoms with Crippen molar-refractivity contribution in [3.05, 3.63) is 0 Å². The third-order valence-electron chi connectivity index (χ3n) is 3.44. The van der Waals surface area contributed by atoms with Crippen LogP contribution in [0.3, 0.4) is 0 Å². The van der Waals surface area contributed by atoms with Gasteiger partial charge in [0.15, 0.2) is 0 Å². The molecule has 0 heterocycles. The van der Waals surface area contributed by atoms with E-state index in [-0.39, 0.29) is 11.9 Å². The van der Waals surface area contributed by atoms with Crippen LogP contribution in [0.2, 0.25) is 0 Å². The van der Waals surface area contributed by atoms with Gasteiger partial charge in [-0.05, 0) is 25.7 Å². The molecule has 1 amide bonds. The summed E-state index contributed by atoms with van der Waals surface area (Å²) in [5, 5.41) is 3.04. The number of amides is 1. The lowest BCUT2D eigenvalue weighted by molar-refractivity contribution is -0.123. The normalized spacial score (nSPS) is 16.9. The van der Waals surface area contributed by atoms with Gasteiger partial charge in [0.05, 0.1) is 11.5 Å². The lowest BCUT2D eigenvalue weighted by Gasteiger charge is -2.23. The van der Waals surface area contributed by atoms with Gasteiger partial charge in [-0.1, -0.05) is 26.1 Å². The van der Waals surface area contributed by atoms with E-state index in [0.717, 1.165) is 6.54 Å². The number of nitrogens with two attached hydrogens (primary N) is 1. The molecule has 1 fully saturated rings. The highest BCUT2D eigenvalue weighted by Gasteiger charge is 2.30. The molecule has 104 valence electrons. The third kappa shape index (κ3) is 5.78. The number of rotatable bonds is 8. The summed E-state index contributed by atoms with van der Waals surface area (Å²) >= 11 is 4.89. The highest BCUT2D eigenvalue weighted by atomic mass is 32.1. The molecule has 0 aliphatic heterocycles. The zero-order valence-corrected chi connectivity index (χ0v) is 12.4. The molecule has 1 aliphatic carbocycles. The van der Waals surface area contributed by atoms with E-state index < -0.39 is 0 Å². The minimum atomic E-state index is 0.103. The van der Waals surface area contributed by atoms with Crippen molar-refractivity contribution >= 4 is 23.1 Å². The molecule has 0 radical (unpaired) electrons. The largest absolute Gasteiger partial charge is 0.393 e. The molecule has 1 saturated carbocycles. The van der Waals surface area contributed by atoms with Crippen molar-refractivity contribution in [3.8, 4) is 0 Å². The van der Waals surface area contributed by atoms with Crippen LogP contribution in [0.1, 0.15) is 40.0 Å². The van der Waals surface area contributed by atoms with Gasteiger partial charge in [-0.15, -0.1) is 0 Å². The number of hydrogen-bond donors (Lipinski definition) is 2. The average molecular weight is 271 g/mol. The van der Waals surface area contributed by atoms with E-state index in [1.165, 1.54) is 12.8 Å². The van der Waals surface area contributed by atoms with Gasteiger partial charge >= 0.3 is 0 Å². The highest BCUT2D eigenvalue weighted by Crippen LogP contribution is 2.26. The van der Waals surface area contributed by atoms with Crippen LogP contribution in [0.4, 0.5) is 0 Å². The lowest BCUT2D eigenvalue weighted by Crippen LogP contribution is -2.44. The van der Waals surface area contributed by atoms with Crippen molar-refractivity contribution in [1.82, 2.24) is 10.2 Å². The van der Waals surface area contributed by atoms with Gasteiger partial charge in [-0.3, -0.25) is 9.69 Å². The molecule has 0 spiro atoms. The van der Waals surface area contributed by atoms with Crippen molar-refractivity contribution in [1.29, 1.82) is 0 Å². The van der Waals surface area contributed by atoms with Crippen LogP contribution in [0.15, 0.2) is 0 Å². The Morgan fingerprint density at radius 1 is 1.44 bits per heavy atom. The number of carbonyl (C=O) groups is 1. The first-order valence-electron chi connectivity index (χ1n) is 6.72. The fourth-order valence-electron chi connectivity index (χ4n) is 1.73. The molecule has 4 nitrogen and oxygen atoms in total. The lowest BCUT2D eigenvalue weighted by atomic mass is 10.1. The van der Waals surface area contributed by atoms with Crippen LogP contribution in [0.5, 0.6) is 0 Å². The fraction of sp³-hybridized carbons (Fsp3) is 0.846. The van der Waals surface area contributed by atoms with Crippen molar-refractivity contribution in [2.45, 2.75) is 52.1 Å². The van der Waals surface area contributed by atoms with Crippen molar-refractivity contribution in [2.24, 2.45) is 11.7 Å². The van der Waals surface area contributed by atoms with Gasteiger partial charge in [0.25, 0.3) is 0 Å².